The lowest BCUT2D eigenvalue weighted by Gasteiger charge is -2.09. The first-order chi connectivity index (χ1) is 11.8. The van der Waals surface area contributed by atoms with Gasteiger partial charge in [-0.05, 0) is 48.7 Å². The lowest BCUT2D eigenvalue weighted by atomic mass is 10.2. The van der Waals surface area contributed by atoms with Crippen molar-refractivity contribution in [3.63, 3.8) is 0 Å². The molecule has 0 unspecified atom stereocenters. The van der Waals surface area contributed by atoms with E-state index in [9.17, 15) is 13.2 Å². The molecule has 2 aromatic carbocycles. The fourth-order valence-electron chi connectivity index (χ4n) is 1.88. The SMILES string of the molecule is CSc1ccc(Cl)c(C(=O)OCCOc2ccc(S(N)(=O)=O)cc2)c1. The van der Waals surface area contributed by atoms with Crippen LogP contribution < -0.4 is 9.88 Å². The van der Waals surface area contributed by atoms with E-state index in [1.165, 1.54) is 36.0 Å². The molecule has 134 valence electrons. The number of rotatable bonds is 7. The van der Waals surface area contributed by atoms with E-state index in [-0.39, 0.29) is 18.1 Å². The van der Waals surface area contributed by atoms with Crippen molar-refractivity contribution in [2.75, 3.05) is 19.5 Å². The molecule has 0 heterocycles. The fraction of sp³-hybridized carbons (Fsp3) is 0.188. The number of hydrogen-bond acceptors (Lipinski definition) is 6. The van der Waals surface area contributed by atoms with Crippen LogP contribution in [-0.2, 0) is 14.8 Å². The van der Waals surface area contributed by atoms with Crippen LogP contribution in [0.2, 0.25) is 5.02 Å². The smallest absolute Gasteiger partial charge is 0.339 e. The number of esters is 1. The third kappa shape index (κ3) is 5.64. The summed E-state index contributed by atoms with van der Waals surface area (Å²) in [5, 5.41) is 5.33. The summed E-state index contributed by atoms with van der Waals surface area (Å²) in [6.07, 6.45) is 1.90. The average Bonchev–Trinajstić information content (AvgIpc) is 2.58. The molecule has 6 nitrogen and oxygen atoms in total. The van der Waals surface area contributed by atoms with Crippen molar-refractivity contribution in [2.45, 2.75) is 9.79 Å². The Balaban J connectivity index is 1.86. The Kier molecular flexibility index (Phi) is 6.71. The second-order valence-electron chi connectivity index (χ2n) is 4.85. The van der Waals surface area contributed by atoms with Gasteiger partial charge in [0.05, 0.1) is 15.5 Å². The van der Waals surface area contributed by atoms with Crippen LogP contribution in [0.4, 0.5) is 0 Å². The van der Waals surface area contributed by atoms with Gasteiger partial charge in [-0.1, -0.05) is 11.6 Å². The van der Waals surface area contributed by atoms with Gasteiger partial charge in [0.25, 0.3) is 0 Å². The zero-order valence-corrected chi connectivity index (χ0v) is 15.7. The Morgan fingerprint density at radius 1 is 1.16 bits per heavy atom. The highest BCUT2D eigenvalue weighted by atomic mass is 35.5. The summed E-state index contributed by atoms with van der Waals surface area (Å²) in [5.41, 5.74) is 0.297. The van der Waals surface area contributed by atoms with Gasteiger partial charge in [-0.15, -0.1) is 11.8 Å². The van der Waals surface area contributed by atoms with Crippen molar-refractivity contribution in [2.24, 2.45) is 5.14 Å². The predicted octanol–water partition coefficient (Wildman–Crippen LogP) is 2.95. The van der Waals surface area contributed by atoms with E-state index in [0.717, 1.165) is 4.90 Å². The maximum Gasteiger partial charge on any atom is 0.339 e. The molecule has 2 N–H and O–H groups in total. The maximum atomic E-state index is 12.0. The number of halogens is 1. The first kappa shape index (κ1) is 19.6. The standard InChI is InChI=1S/C16H16ClNO5S2/c1-24-12-4-7-15(17)14(10-12)16(19)23-9-8-22-11-2-5-13(6-3-11)25(18,20)21/h2-7,10H,8-9H2,1H3,(H2,18,20,21). The second-order valence-corrected chi connectivity index (χ2v) is 7.69. The lowest BCUT2D eigenvalue weighted by molar-refractivity contribution is 0.0450. The van der Waals surface area contributed by atoms with Crippen molar-refractivity contribution in [3.8, 4) is 5.75 Å². The number of nitrogens with two attached hydrogens (primary N) is 1. The monoisotopic (exact) mass is 401 g/mol. The number of ether oxygens (including phenoxy) is 2. The van der Waals surface area contributed by atoms with E-state index in [4.69, 9.17) is 26.2 Å². The van der Waals surface area contributed by atoms with Gasteiger partial charge < -0.3 is 9.47 Å². The highest BCUT2D eigenvalue weighted by molar-refractivity contribution is 7.98. The van der Waals surface area contributed by atoms with Crippen LogP contribution in [0.1, 0.15) is 10.4 Å². The number of benzene rings is 2. The van der Waals surface area contributed by atoms with Crippen LogP contribution in [0.15, 0.2) is 52.3 Å². The number of hydrogen-bond donors (Lipinski definition) is 1. The van der Waals surface area contributed by atoms with E-state index >= 15 is 0 Å². The molecule has 0 aliphatic heterocycles. The summed E-state index contributed by atoms with van der Waals surface area (Å²) < 4.78 is 32.8. The van der Waals surface area contributed by atoms with Gasteiger partial charge in [0.1, 0.15) is 19.0 Å². The quantitative estimate of drug-likeness (QED) is 0.435. The van der Waals surface area contributed by atoms with E-state index in [2.05, 4.69) is 0 Å². The van der Waals surface area contributed by atoms with Gasteiger partial charge in [-0.25, -0.2) is 18.4 Å². The minimum Gasteiger partial charge on any atom is -0.490 e. The zero-order valence-electron chi connectivity index (χ0n) is 13.3. The molecule has 0 fully saturated rings. The summed E-state index contributed by atoms with van der Waals surface area (Å²) in [7, 11) is -3.74. The van der Waals surface area contributed by atoms with Crippen molar-refractivity contribution in [3.05, 3.63) is 53.1 Å². The van der Waals surface area contributed by atoms with Crippen LogP contribution >= 0.6 is 23.4 Å². The normalized spacial score (nSPS) is 11.2. The zero-order chi connectivity index (χ0) is 18.4. The van der Waals surface area contributed by atoms with E-state index in [1.807, 2.05) is 12.3 Å². The van der Waals surface area contributed by atoms with E-state index in [1.54, 1.807) is 12.1 Å². The van der Waals surface area contributed by atoms with E-state index in [0.29, 0.717) is 16.3 Å². The van der Waals surface area contributed by atoms with E-state index < -0.39 is 16.0 Å². The first-order valence-corrected chi connectivity index (χ1v) is 10.2. The van der Waals surface area contributed by atoms with Crippen LogP contribution in [0.25, 0.3) is 0 Å². The lowest BCUT2D eigenvalue weighted by Crippen LogP contribution is -2.13. The summed E-state index contributed by atoms with van der Waals surface area (Å²) >= 11 is 7.50. The molecule has 0 bridgehead atoms. The van der Waals surface area contributed by atoms with Crippen LogP contribution in [-0.4, -0.2) is 33.9 Å². The van der Waals surface area contributed by atoms with Crippen molar-refractivity contribution < 1.29 is 22.7 Å². The average molecular weight is 402 g/mol. The van der Waals surface area contributed by atoms with Crippen LogP contribution in [0, 0.1) is 0 Å². The Morgan fingerprint density at radius 2 is 1.84 bits per heavy atom. The first-order valence-electron chi connectivity index (χ1n) is 7.07. The molecule has 0 aromatic heterocycles. The molecule has 0 aliphatic rings. The molecule has 25 heavy (non-hydrogen) atoms. The third-order valence-electron chi connectivity index (χ3n) is 3.13. The van der Waals surface area contributed by atoms with Gasteiger partial charge >= 0.3 is 5.97 Å². The van der Waals surface area contributed by atoms with Gasteiger partial charge in [0, 0.05) is 4.90 Å². The highest BCUT2D eigenvalue weighted by Crippen LogP contribution is 2.23. The summed E-state index contributed by atoms with van der Waals surface area (Å²) in [6.45, 7) is 0.135. The molecule has 2 rings (SSSR count). The van der Waals surface area contributed by atoms with Gasteiger partial charge in [-0.2, -0.15) is 0 Å². The summed E-state index contributed by atoms with van der Waals surface area (Å²) in [6, 6.07) is 10.8. The van der Waals surface area contributed by atoms with Crippen molar-refractivity contribution in [1.82, 2.24) is 0 Å². The number of sulfonamides is 1. The Hall–Kier alpha value is -1.74. The minimum absolute atomic E-state index is 0.00500. The van der Waals surface area contributed by atoms with Gasteiger partial charge in [0.2, 0.25) is 10.0 Å². The summed E-state index contributed by atoms with van der Waals surface area (Å²) in [5.74, 6) is -0.0973. The molecular formula is C16H16ClNO5S2. The second kappa shape index (κ2) is 8.57. The fourth-order valence-corrected chi connectivity index (χ4v) is 3.03. The molecule has 0 aliphatic carbocycles. The number of carbonyl (C=O) groups excluding carboxylic acids is 1. The summed E-state index contributed by atoms with van der Waals surface area (Å²) in [4.78, 5) is 12.9. The highest BCUT2D eigenvalue weighted by Gasteiger charge is 2.13. The molecule has 9 heteroatoms. The van der Waals surface area contributed by atoms with Crippen molar-refractivity contribution >= 4 is 39.4 Å². The molecule has 0 spiro atoms. The third-order valence-corrected chi connectivity index (χ3v) is 5.12. The Morgan fingerprint density at radius 3 is 2.44 bits per heavy atom. The molecule has 0 saturated heterocycles. The predicted molar refractivity (Wildman–Crippen MR) is 96.8 cm³/mol. The molecule has 0 atom stereocenters. The Bertz CT molecular complexity index is 853. The van der Waals surface area contributed by atoms with Crippen LogP contribution in [0.5, 0.6) is 5.75 Å². The minimum atomic E-state index is -3.74. The molecule has 0 amide bonds. The van der Waals surface area contributed by atoms with Crippen LogP contribution in [0.3, 0.4) is 0 Å². The number of thioether (sulfide) groups is 1. The Labute approximate surface area is 155 Å². The topological polar surface area (TPSA) is 95.7 Å². The molecule has 0 saturated carbocycles. The largest absolute Gasteiger partial charge is 0.490 e. The number of carbonyl (C=O) groups is 1. The maximum absolute atomic E-state index is 12.0. The van der Waals surface area contributed by atoms with Gasteiger partial charge in [0.15, 0.2) is 0 Å². The molecule has 0 radical (unpaired) electrons. The van der Waals surface area contributed by atoms with Gasteiger partial charge in [-0.3, -0.25) is 0 Å². The molecular weight excluding hydrogens is 386 g/mol. The van der Waals surface area contributed by atoms with Crippen molar-refractivity contribution in [1.29, 1.82) is 0 Å². The number of primary sulfonamides is 1. The molecule has 2 aromatic rings.